The third-order valence-electron chi connectivity index (χ3n) is 2.43. The molecule has 3 heteroatoms. The Morgan fingerprint density at radius 2 is 2.12 bits per heavy atom. The summed E-state index contributed by atoms with van der Waals surface area (Å²) in [5.41, 5.74) is 1.14. The van der Waals surface area contributed by atoms with Crippen molar-refractivity contribution in [1.29, 1.82) is 0 Å². The fourth-order valence-corrected chi connectivity index (χ4v) is 1.60. The Labute approximate surface area is 97.4 Å². The van der Waals surface area contributed by atoms with E-state index in [9.17, 15) is 0 Å². The van der Waals surface area contributed by atoms with Crippen LogP contribution in [-0.4, -0.2) is 24.9 Å². The van der Waals surface area contributed by atoms with Crippen LogP contribution in [0.15, 0.2) is 24.3 Å². The summed E-state index contributed by atoms with van der Waals surface area (Å²) in [6.07, 6.45) is 1.12. The smallest absolute Gasteiger partial charge is 0.124 e. The van der Waals surface area contributed by atoms with E-state index in [2.05, 4.69) is 25.2 Å². The second-order valence-electron chi connectivity index (χ2n) is 3.79. The first kappa shape index (κ1) is 13.0. The number of aliphatic hydroxyl groups is 1. The average Bonchev–Trinajstić information content (AvgIpc) is 2.33. The average molecular weight is 223 g/mol. The summed E-state index contributed by atoms with van der Waals surface area (Å²) in [5.74, 6) is 0.854. The third kappa shape index (κ3) is 3.83. The summed E-state index contributed by atoms with van der Waals surface area (Å²) < 4.78 is 5.50. The molecule has 0 heterocycles. The molecule has 2 N–H and O–H groups in total. The van der Waals surface area contributed by atoms with Gasteiger partial charge < -0.3 is 15.2 Å². The topological polar surface area (TPSA) is 41.5 Å². The van der Waals surface area contributed by atoms with Crippen LogP contribution in [0.1, 0.15) is 31.9 Å². The van der Waals surface area contributed by atoms with Crippen molar-refractivity contribution in [2.24, 2.45) is 0 Å². The molecule has 1 aromatic carbocycles. The van der Waals surface area contributed by atoms with E-state index in [-0.39, 0.29) is 12.6 Å². The van der Waals surface area contributed by atoms with Crippen LogP contribution in [0, 0.1) is 0 Å². The summed E-state index contributed by atoms with van der Waals surface area (Å²) in [6, 6.07) is 8.22. The number of hydrogen-bond acceptors (Lipinski definition) is 3. The van der Waals surface area contributed by atoms with Gasteiger partial charge in [-0.2, -0.15) is 0 Å². The maximum Gasteiger partial charge on any atom is 0.124 e. The maximum absolute atomic E-state index is 8.76. The maximum atomic E-state index is 8.76. The molecule has 0 saturated heterocycles. The Bertz CT molecular complexity index is 302. The number of benzene rings is 1. The SMILES string of the molecule is CCCNC(C)c1ccccc1OCCO. The molecule has 3 nitrogen and oxygen atoms in total. The summed E-state index contributed by atoms with van der Waals surface area (Å²) in [4.78, 5) is 0. The predicted molar refractivity (Wildman–Crippen MR) is 65.7 cm³/mol. The molecule has 0 bridgehead atoms. The fraction of sp³-hybridized carbons (Fsp3) is 0.538. The summed E-state index contributed by atoms with van der Waals surface area (Å²) in [6.45, 7) is 5.66. The number of para-hydroxylation sites is 1. The highest BCUT2D eigenvalue weighted by Gasteiger charge is 2.09. The molecule has 0 saturated carbocycles. The van der Waals surface area contributed by atoms with Gasteiger partial charge in [0.25, 0.3) is 0 Å². The normalized spacial score (nSPS) is 12.4. The van der Waals surface area contributed by atoms with Gasteiger partial charge in [0, 0.05) is 11.6 Å². The van der Waals surface area contributed by atoms with Crippen LogP contribution >= 0.6 is 0 Å². The minimum Gasteiger partial charge on any atom is -0.491 e. The first-order valence-corrected chi connectivity index (χ1v) is 5.85. The van der Waals surface area contributed by atoms with Crippen LogP contribution in [0.4, 0.5) is 0 Å². The molecule has 0 aliphatic heterocycles. The van der Waals surface area contributed by atoms with Gasteiger partial charge in [-0.15, -0.1) is 0 Å². The van der Waals surface area contributed by atoms with E-state index in [1.165, 1.54) is 0 Å². The van der Waals surface area contributed by atoms with Gasteiger partial charge in [-0.25, -0.2) is 0 Å². The fourth-order valence-electron chi connectivity index (χ4n) is 1.60. The lowest BCUT2D eigenvalue weighted by atomic mass is 10.1. The minimum absolute atomic E-state index is 0.0467. The molecule has 0 fully saturated rings. The Kier molecular flexibility index (Phi) is 5.90. The van der Waals surface area contributed by atoms with Gasteiger partial charge in [-0.3, -0.25) is 0 Å². The summed E-state index contributed by atoms with van der Waals surface area (Å²) in [5, 5.41) is 12.2. The quantitative estimate of drug-likeness (QED) is 0.744. The molecule has 0 aromatic heterocycles. The largest absolute Gasteiger partial charge is 0.491 e. The second kappa shape index (κ2) is 7.25. The highest BCUT2D eigenvalue weighted by molar-refractivity contribution is 5.35. The van der Waals surface area contributed by atoms with Crippen LogP contribution in [0.25, 0.3) is 0 Å². The first-order valence-electron chi connectivity index (χ1n) is 5.85. The number of rotatable bonds is 7. The summed E-state index contributed by atoms with van der Waals surface area (Å²) in [7, 11) is 0. The lowest BCUT2D eigenvalue weighted by Gasteiger charge is -2.17. The van der Waals surface area contributed by atoms with Crippen LogP contribution in [-0.2, 0) is 0 Å². The Morgan fingerprint density at radius 1 is 1.38 bits per heavy atom. The minimum atomic E-state index is 0.0467. The first-order chi connectivity index (χ1) is 7.79. The van der Waals surface area contributed by atoms with Crippen molar-refractivity contribution >= 4 is 0 Å². The lowest BCUT2D eigenvalue weighted by molar-refractivity contribution is 0.199. The lowest BCUT2D eigenvalue weighted by Crippen LogP contribution is -2.20. The van der Waals surface area contributed by atoms with E-state index < -0.39 is 0 Å². The van der Waals surface area contributed by atoms with Crippen LogP contribution in [0.2, 0.25) is 0 Å². The molecule has 0 amide bonds. The zero-order chi connectivity index (χ0) is 11.8. The molecule has 0 radical (unpaired) electrons. The molecule has 1 unspecified atom stereocenters. The van der Waals surface area contributed by atoms with Crippen LogP contribution in [0.3, 0.4) is 0 Å². The van der Waals surface area contributed by atoms with Gasteiger partial charge in [0.1, 0.15) is 12.4 Å². The van der Waals surface area contributed by atoms with Crippen molar-refractivity contribution in [2.45, 2.75) is 26.3 Å². The molecule has 1 aromatic rings. The molecular weight excluding hydrogens is 202 g/mol. The van der Waals surface area contributed by atoms with E-state index in [1.807, 2.05) is 18.2 Å². The summed E-state index contributed by atoms with van der Waals surface area (Å²) >= 11 is 0. The van der Waals surface area contributed by atoms with E-state index >= 15 is 0 Å². The predicted octanol–water partition coefficient (Wildman–Crippen LogP) is 2.12. The monoisotopic (exact) mass is 223 g/mol. The number of ether oxygens (including phenoxy) is 1. The van der Waals surface area contributed by atoms with Gasteiger partial charge in [0.05, 0.1) is 6.61 Å². The molecule has 1 rings (SSSR count). The van der Waals surface area contributed by atoms with E-state index in [0.717, 1.165) is 24.3 Å². The van der Waals surface area contributed by atoms with Crippen molar-refractivity contribution < 1.29 is 9.84 Å². The zero-order valence-electron chi connectivity index (χ0n) is 10.1. The van der Waals surface area contributed by atoms with Crippen molar-refractivity contribution in [3.05, 3.63) is 29.8 Å². The molecule has 0 aliphatic carbocycles. The molecule has 16 heavy (non-hydrogen) atoms. The number of nitrogens with one attached hydrogen (secondary N) is 1. The van der Waals surface area contributed by atoms with E-state index in [0.29, 0.717) is 6.61 Å². The van der Waals surface area contributed by atoms with Gasteiger partial charge in [-0.05, 0) is 26.0 Å². The molecule has 1 atom stereocenters. The Morgan fingerprint density at radius 3 is 2.81 bits per heavy atom. The Hall–Kier alpha value is -1.06. The highest BCUT2D eigenvalue weighted by atomic mass is 16.5. The van der Waals surface area contributed by atoms with Gasteiger partial charge in [0.2, 0.25) is 0 Å². The second-order valence-corrected chi connectivity index (χ2v) is 3.79. The standard InChI is InChI=1S/C13H21NO2/c1-3-8-14-11(2)12-6-4-5-7-13(12)16-10-9-15/h4-7,11,14-15H,3,8-10H2,1-2H3. The van der Waals surface area contributed by atoms with Gasteiger partial charge in [-0.1, -0.05) is 25.1 Å². The Balaban J connectivity index is 2.68. The van der Waals surface area contributed by atoms with Crippen LogP contribution in [0.5, 0.6) is 5.75 Å². The third-order valence-corrected chi connectivity index (χ3v) is 2.43. The highest BCUT2D eigenvalue weighted by Crippen LogP contribution is 2.24. The molecule has 0 spiro atoms. The van der Waals surface area contributed by atoms with Gasteiger partial charge in [0.15, 0.2) is 0 Å². The van der Waals surface area contributed by atoms with Crippen molar-refractivity contribution in [3.8, 4) is 5.75 Å². The van der Waals surface area contributed by atoms with Crippen LogP contribution < -0.4 is 10.1 Å². The zero-order valence-corrected chi connectivity index (χ0v) is 10.1. The number of aliphatic hydroxyl groups excluding tert-OH is 1. The van der Waals surface area contributed by atoms with Crippen molar-refractivity contribution in [2.75, 3.05) is 19.8 Å². The van der Waals surface area contributed by atoms with Gasteiger partial charge >= 0.3 is 0 Å². The van der Waals surface area contributed by atoms with Crippen molar-refractivity contribution in [3.63, 3.8) is 0 Å². The molecule has 90 valence electrons. The molecular formula is C13H21NO2. The van der Waals surface area contributed by atoms with Crippen molar-refractivity contribution in [1.82, 2.24) is 5.32 Å². The number of hydrogen-bond donors (Lipinski definition) is 2. The molecule has 0 aliphatic rings. The van der Waals surface area contributed by atoms with E-state index in [1.54, 1.807) is 0 Å². The van der Waals surface area contributed by atoms with E-state index in [4.69, 9.17) is 9.84 Å².